The molecule has 0 fully saturated rings. The lowest BCUT2D eigenvalue weighted by molar-refractivity contribution is -0.0573. The first kappa shape index (κ1) is 7.90. The molecule has 1 nitrogen and oxygen atoms in total. The van der Waals surface area contributed by atoms with Crippen molar-refractivity contribution in [3.63, 3.8) is 0 Å². The van der Waals surface area contributed by atoms with Crippen molar-refractivity contribution in [1.82, 2.24) is 0 Å². The quantitative estimate of drug-likeness (QED) is 0.593. The third-order valence-electron chi connectivity index (χ3n) is 0.813. The highest BCUT2D eigenvalue weighted by atomic mass is 127. The first-order chi connectivity index (χ1) is 4.61. The van der Waals surface area contributed by atoms with Gasteiger partial charge in [0.25, 0.3) is 0 Å². The summed E-state index contributed by atoms with van der Waals surface area (Å²) in [7, 11) is 0. The predicted octanol–water partition coefficient (Wildman–Crippen LogP) is 2.25. The molecule has 1 aliphatic rings. The van der Waals surface area contributed by atoms with Crippen molar-refractivity contribution in [2.75, 3.05) is 0 Å². The molecule has 0 atom stereocenters. The molecule has 5 heteroatoms. The van der Waals surface area contributed by atoms with Gasteiger partial charge in [-0.25, -0.2) is 3.21 Å². The molecule has 0 spiro atoms. The highest BCUT2D eigenvalue weighted by Crippen LogP contribution is 2.21. The lowest BCUT2D eigenvalue weighted by Crippen LogP contribution is -2.20. The Morgan fingerprint density at radius 1 is 1.40 bits per heavy atom. The molecule has 0 saturated heterocycles. The van der Waals surface area contributed by atoms with Gasteiger partial charge in [-0.15, -0.1) is 0 Å². The fourth-order valence-corrected chi connectivity index (χ4v) is 1.70. The lowest BCUT2D eigenvalue weighted by Gasteiger charge is -2.04. The summed E-state index contributed by atoms with van der Waals surface area (Å²) >= 11 is -0.735. The SMILES string of the molecule is FC(F)(F)C1=NI=CC=C1. The van der Waals surface area contributed by atoms with Crippen LogP contribution in [0.4, 0.5) is 13.2 Å². The molecule has 0 aromatic rings. The van der Waals surface area contributed by atoms with Crippen LogP contribution < -0.4 is 0 Å². The number of nitrogens with zero attached hydrogens (tertiary/aromatic N) is 1. The zero-order valence-electron chi connectivity index (χ0n) is 4.69. The Balaban J connectivity index is 2.85. The Morgan fingerprint density at radius 3 is 2.40 bits per heavy atom. The maximum atomic E-state index is 11.8. The minimum absolute atomic E-state index is 0.735. The van der Waals surface area contributed by atoms with Gasteiger partial charge in [-0.1, -0.05) is 6.08 Å². The summed E-state index contributed by atoms with van der Waals surface area (Å²) < 4.78 is 40.3. The van der Waals surface area contributed by atoms with E-state index in [1.54, 1.807) is 4.01 Å². The van der Waals surface area contributed by atoms with E-state index in [1.807, 2.05) is 0 Å². The standard InChI is InChI=1S/C5H3F3IN/c6-5(7,8)4-2-1-3-9-10-4/h1-3H. The number of allylic oxidation sites excluding steroid dienone is 2. The Bertz CT molecular complexity index is 213. The fraction of sp³-hybridized carbons (Fsp3) is 0.200. The molecule has 0 N–H and O–H groups in total. The fourth-order valence-electron chi connectivity index (χ4n) is 0.411. The third kappa shape index (κ3) is 1.89. The second-order valence-corrected chi connectivity index (χ2v) is 3.31. The minimum atomic E-state index is -4.26. The van der Waals surface area contributed by atoms with Crippen LogP contribution in [0.3, 0.4) is 0 Å². The molecule has 1 rings (SSSR count). The topological polar surface area (TPSA) is 12.4 Å². The molecule has 0 unspecified atom stereocenters. The van der Waals surface area contributed by atoms with Gasteiger partial charge in [0, 0.05) is 21.0 Å². The minimum Gasteiger partial charge on any atom is -0.217 e. The maximum absolute atomic E-state index is 11.8. The summed E-state index contributed by atoms with van der Waals surface area (Å²) in [6.07, 6.45) is -1.86. The van der Waals surface area contributed by atoms with Crippen LogP contribution in [0.15, 0.2) is 15.4 Å². The van der Waals surface area contributed by atoms with Crippen LogP contribution in [0.2, 0.25) is 0 Å². The summed E-state index contributed by atoms with van der Waals surface area (Å²) in [5, 5.41) is 0. The van der Waals surface area contributed by atoms with Crippen molar-refractivity contribution < 1.29 is 13.2 Å². The Hall–Kier alpha value is -0.200. The van der Waals surface area contributed by atoms with Crippen molar-refractivity contribution in [1.29, 1.82) is 0 Å². The Kier molecular flexibility index (Phi) is 2.22. The predicted molar refractivity (Wildman–Crippen MR) is 42.7 cm³/mol. The highest BCUT2D eigenvalue weighted by molar-refractivity contribution is 14.2. The van der Waals surface area contributed by atoms with Crippen molar-refractivity contribution in [2.45, 2.75) is 6.18 Å². The van der Waals surface area contributed by atoms with E-state index < -0.39 is 32.9 Å². The number of hydrogen-bond donors (Lipinski definition) is 0. The molecule has 0 radical (unpaired) electrons. The molecule has 1 heterocycles. The molecule has 0 aromatic heterocycles. The molecule has 10 heavy (non-hydrogen) atoms. The number of hydrogen-bond acceptors (Lipinski definition) is 1. The van der Waals surface area contributed by atoms with Gasteiger partial charge in [-0.2, -0.15) is 13.2 Å². The van der Waals surface area contributed by atoms with E-state index in [0.717, 1.165) is 6.08 Å². The van der Waals surface area contributed by atoms with Gasteiger partial charge in [-0.3, -0.25) is 0 Å². The van der Waals surface area contributed by atoms with E-state index in [9.17, 15) is 13.2 Å². The van der Waals surface area contributed by atoms with Crippen molar-refractivity contribution in [3.05, 3.63) is 12.2 Å². The molecule has 0 aromatic carbocycles. The van der Waals surface area contributed by atoms with Gasteiger partial charge in [0.2, 0.25) is 0 Å². The van der Waals surface area contributed by atoms with Crippen LogP contribution in [-0.2, 0) is 0 Å². The first-order valence-corrected chi connectivity index (χ1v) is 4.59. The van der Waals surface area contributed by atoms with E-state index in [1.165, 1.54) is 6.08 Å². The average molecular weight is 261 g/mol. The zero-order valence-corrected chi connectivity index (χ0v) is 6.85. The Labute approximate surface area is 65.7 Å². The van der Waals surface area contributed by atoms with Gasteiger partial charge < -0.3 is 0 Å². The van der Waals surface area contributed by atoms with Gasteiger partial charge in [0.05, 0.1) is 0 Å². The molecule has 0 amide bonds. The van der Waals surface area contributed by atoms with E-state index in [-0.39, 0.29) is 0 Å². The lowest BCUT2D eigenvalue weighted by atomic mass is 10.3. The maximum Gasteiger partial charge on any atom is 0.433 e. The van der Waals surface area contributed by atoms with E-state index >= 15 is 0 Å². The summed E-state index contributed by atoms with van der Waals surface area (Å²) in [4.78, 5) is 0. The summed E-state index contributed by atoms with van der Waals surface area (Å²) in [5.74, 6) is 0. The monoisotopic (exact) mass is 261 g/mol. The average Bonchev–Trinajstić information content (AvgIpc) is 1.88. The van der Waals surface area contributed by atoms with Crippen LogP contribution in [-0.4, -0.2) is 15.9 Å². The summed E-state index contributed by atoms with van der Waals surface area (Å²) in [6.45, 7) is 0. The second kappa shape index (κ2) is 2.81. The van der Waals surface area contributed by atoms with Crippen LogP contribution in [0.5, 0.6) is 0 Å². The number of alkyl halides is 3. The van der Waals surface area contributed by atoms with Gasteiger partial charge in [0.15, 0.2) is 5.71 Å². The third-order valence-corrected chi connectivity index (χ3v) is 2.35. The van der Waals surface area contributed by atoms with Gasteiger partial charge in [-0.05, 0) is 10.1 Å². The van der Waals surface area contributed by atoms with E-state index in [4.69, 9.17) is 0 Å². The highest BCUT2D eigenvalue weighted by Gasteiger charge is 2.33. The molecular formula is C5H3F3IN. The molecule has 56 valence electrons. The molecule has 0 bridgehead atoms. The van der Waals surface area contributed by atoms with Gasteiger partial charge >= 0.3 is 6.18 Å². The summed E-state index contributed by atoms with van der Waals surface area (Å²) in [6, 6.07) is 0. The van der Waals surface area contributed by atoms with Crippen molar-refractivity contribution >= 4 is 30.7 Å². The van der Waals surface area contributed by atoms with Crippen LogP contribution >= 0.6 is 21.0 Å². The molecule has 0 saturated carbocycles. The number of halogens is 4. The smallest absolute Gasteiger partial charge is 0.217 e. The molecule has 1 aliphatic heterocycles. The number of rotatable bonds is 0. The molecule has 0 aliphatic carbocycles. The normalized spacial score (nSPS) is 18.1. The van der Waals surface area contributed by atoms with E-state index in [2.05, 4.69) is 3.21 Å². The zero-order chi connectivity index (χ0) is 7.61. The van der Waals surface area contributed by atoms with Gasteiger partial charge in [0.1, 0.15) is 0 Å². The second-order valence-electron chi connectivity index (χ2n) is 1.55. The summed E-state index contributed by atoms with van der Waals surface area (Å²) in [5.41, 5.74) is -0.747. The first-order valence-electron chi connectivity index (χ1n) is 2.38. The Morgan fingerprint density at radius 2 is 2.10 bits per heavy atom. The van der Waals surface area contributed by atoms with Crippen LogP contribution in [0.1, 0.15) is 0 Å². The van der Waals surface area contributed by atoms with Crippen LogP contribution in [0, 0.1) is 0 Å². The largest absolute Gasteiger partial charge is 0.433 e. The van der Waals surface area contributed by atoms with E-state index in [0.29, 0.717) is 0 Å². The van der Waals surface area contributed by atoms with Crippen molar-refractivity contribution in [2.24, 2.45) is 3.21 Å². The van der Waals surface area contributed by atoms with Crippen molar-refractivity contribution in [3.8, 4) is 0 Å². The molecular weight excluding hydrogens is 258 g/mol. The van der Waals surface area contributed by atoms with Crippen LogP contribution in [0.25, 0.3) is 0 Å².